The summed E-state index contributed by atoms with van der Waals surface area (Å²) in [5.74, 6) is 0.617. The van der Waals surface area contributed by atoms with Gasteiger partial charge in [0.2, 0.25) is 0 Å². The van der Waals surface area contributed by atoms with Crippen molar-refractivity contribution in [2.24, 2.45) is 0 Å². The van der Waals surface area contributed by atoms with Crippen molar-refractivity contribution < 1.29 is 9.53 Å². The lowest BCUT2D eigenvalue weighted by molar-refractivity contribution is -0.124. The van der Waals surface area contributed by atoms with Gasteiger partial charge in [-0.15, -0.1) is 0 Å². The highest BCUT2D eigenvalue weighted by atomic mass is 32.2. The third-order valence-corrected chi connectivity index (χ3v) is 4.37. The van der Waals surface area contributed by atoms with Crippen LogP contribution >= 0.6 is 11.8 Å². The summed E-state index contributed by atoms with van der Waals surface area (Å²) in [6.07, 6.45) is 4.88. The Morgan fingerprint density at radius 2 is 2.18 bits per heavy atom. The second-order valence-corrected chi connectivity index (χ2v) is 5.92. The number of nitrogens with one attached hydrogen (secondary N) is 1. The predicted octanol–water partition coefficient (Wildman–Crippen LogP) is 2.89. The number of anilines is 1. The first-order valence-corrected chi connectivity index (χ1v) is 8.22. The van der Waals surface area contributed by atoms with E-state index >= 15 is 0 Å². The van der Waals surface area contributed by atoms with Crippen molar-refractivity contribution in [1.29, 1.82) is 0 Å². The van der Waals surface area contributed by atoms with E-state index in [-0.39, 0.29) is 12.0 Å². The molecular formula is C16H17N3O2S. The summed E-state index contributed by atoms with van der Waals surface area (Å²) in [5.41, 5.74) is 1.71. The van der Waals surface area contributed by atoms with Gasteiger partial charge in [-0.25, -0.2) is 4.98 Å². The van der Waals surface area contributed by atoms with Gasteiger partial charge < -0.3 is 10.1 Å². The van der Waals surface area contributed by atoms with Crippen molar-refractivity contribution in [2.75, 3.05) is 11.9 Å². The highest BCUT2D eigenvalue weighted by Crippen LogP contribution is 2.27. The summed E-state index contributed by atoms with van der Waals surface area (Å²) in [6.45, 7) is 0.659. The number of aromatic nitrogens is 2. The Morgan fingerprint density at radius 1 is 1.27 bits per heavy atom. The predicted molar refractivity (Wildman–Crippen MR) is 85.6 cm³/mol. The molecule has 22 heavy (non-hydrogen) atoms. The molecular weight excluding hydrogens is 298 g/mol. The van der Waals surface area contributed by atoms with Gasteiger partial charge in [-0.05, 0) is 37.1 Å². The quantitative estimate of drug-likeness (QED) is 0.860. The van der Waals surface area contributed by atoms with Crippen LogP contribution in [0.5, 0.6) is 0 Å². The molecule has 3 rings (SSSR count). The smallest absolute Gasteiger partial charge is 0.253 e. The average Bonchev–Trinajstić information content (AvgIpc) is 3.10. The Labute approximate surface area is 133 Å². The molecule has 2 aromatic rings. The second kappa shape index (κ2) is 7.38. The monoisotopic (exact) mass is 315 g/mol. The Kier molecular flexibility index (Phi) is 5.03. The van der Waals surface area contributed by atoms with Gasteiger partial charge in [0.15, 0.2) is 0 Å². The number of nitrogens with zero attached hydrogens (tertiary/aromatic N) is 2. The molecule has 3 heterocycles. The minimum atomic E-state index is -0.339. The number of hydrogen-bond acceptors (Lipinski definition) is 5. The average molecular weight is 315 g/mol. The molecule has 114 valence electrons. The van der Waals surface area contributed by atoms with E-state index in [4.69, 9.17) is 4.74 Å². The maximum absolute atomic E-state index is 12.2. The van der Waals surface area contributed by atoms with Crippen LogP contribution in [0.2, 0.25) is 0 Å². The van der Waals surface area contributed by atoms with Gasteiger partial charge in [0.05, 0.1) is 11.4 Å². The normalized spacial score (nSPS) is 17.4. The number of ether oxygens (including phenoxy) is 1. The summed E-state index contributed by atoms with van der Waals surface area (Å²) >= 11 is 1.56. The highest BCUT2D eigenvalue weighted by Gasteiger charge is 2.24. The van der Waals surface area contributed by atoms with E-state index in [1.165, 1.54) is 0 Å². The molecule has 0 unspecified atom stereocenters. The standard InChI is InChI=1S/C16H17N3O2S/c20-15(14-7-4-10-21-14)19-13-6-3-9-18-16(13)22-11-12-5-1-2-8-17-12/h1-3,5-6,8-9,14H,4,7,10-11H2,(H,19,20)/t14-/m1/s1. The number of thioether (sulfide) groups is 1. The number of amides is 1. The van der Waals surface area contributed by atoms with Gasteiger partial charge in [0, 0.05) is 24.8 Å². The van der Waals surface area contributed by atoms with Gasteiger partial charge in [0.25, 0.3) is 5.91 Å². The zero-order valence-corrected chi connectivity index (χ0v) is 12.9. The Morgan fingerprint density at radius 3 is 2.95 bits per heavy atom. The summed E-state index contributed by atoms with van der Waals surface area (Å²) in [4.78, 5) is 20.8. The molecule has 2 aromatic heterocycles. The molecule has 0 aromatic carbocycles. The first kappa shape index (κ1) is 15.0. The van der Waals surface area contributed by atoms with Crippen molar-refractivity contribution in [3.05, 3.63) is 48.4 Å². The van der Waals surface area contributed by atoms with Crippen LogP contribution in [-0.4, -0.2) is 28.6 Å². The van der Waals surface area contributed by atoms with Gasteiger partial charge in [-0.1, -0.05) is 17.8 Å². The number of hydrogen-bond donors (Lipinski definition) is 1. The summed E-state index contributed by atoms with van der Waals surface area (Å²) in [6, 6.07) is 9.50. The number of pyridine rings is 2. The Bertz CT molecular complexity index is 630. The zero-order valence-electron chi connectivity index (χ0n) is 12.1. The van der Waals surface area contributed by atoms with E-state index in [2.05, 4.69) is 15.3 Å². The van der Waals surface area contributed by atoms with Crippen molar-refractivity contribution in [3.63, 3.8) is 0 Å². The van der Waals surface area contributed by atoms with Crippen LogP contribution < -0.4 is 5.32 Å². The molecule has 0 aliphatic carbocycles. The molecule has 0 saturated carbocycles. The van der Waals surface area contributed by atoms with E-state index in [1.807, 2.05) is 30.3 Å². The SMILES string of the molecule is O=C(Nc1cccnc1SCc1ccccn1)[C@H]1CCCO1. The molecule has 1 fully saturated rings. The van der Waals surface area contributed by atoms with Gasteiger partial charge in [-0.3, -0.25) is 9.78 Å². The highest BCUT2D eigenvalue weighted by molar-refractivity contribution is 7.98. The minimum Gasteiger partial charge on any atom is -0.368 e. The minimum absolute atomic E-state index is 0.0924. The van der Waals surface area contributed by atoms with Crippen molar-refractivity contribution in [2.45, 2.75) is 29.7 Å². The van der Waals surface area contributed by atoms with Crippen LogP contribution in [0.3, 0.4) is 0 Å². The van der Waals surface area contributed by atoms with Gasteiger partial charge in [0.1, 0.15) is 11.1 Å². The molecule has 1 aliphatic heterocycles. The molecule has 1 N–H and O–H groups in total. The van der Waals surface area contributed by atoms with E-state index in [1.54, 1.807) is 24.2 Å². The molecule has 5 nitrogen and oxygen atoms in total. The van der Waals surface area contributed by atoms with E-state index < -0.39 is 0 Å². The number of rotatable bonds is 5. The summed E-state index contributed by atoms with van der Waals surface area (Å²) < 4.78 is 5.41. The van der Waals surface area contributed by atoms with Crippen LogP contribution in [0.25, 0.3) is 0 Å². The van der Waals surface area contributed by atoms with Gasteiger partial charge >= 0.3 is 0 Å². The maximum atomic E-state index is 12.2. The third-order valence-electron chi connectivity index (χ3n) is 3.33. The van der Waals surface area contributed by atoms with E-state index in [0.29, 0.717) is 12.4 Å². The lowest BCUT2D eigenvalue weighted by Crippen LogP contribution is -2.27. The molecule has 1 amide bonds. The van der Waals surface area contributed by atoms with Crippen LogP contribution in [0.15, 0.2) is 47.8 Å². The van der Waals surface area contributed by atoms with Crippen LogP contribution in [0.4, 0.5) is 5.69 Å². The molecule has 1 atom stereocenters. The lowest BCUT2D eigenvalue weighted by Gasteiger charge is -2.12. The van der Waals surface area contributed by atoms with E-state index in [9.17, 15) is 4.79 Å². The molecule has 0 radical (unpaired) electrons. The Hall–Kier alpha value is -1.92. The van der Waals surface area contributed by atoms with Crippen LogP contribution in [0, 0.1) is 0 Å². The van der Waals surface area contributed by atoms with E-state index in [0.717, 1.165) is 29.2 Å². The third kappa shape index (κ3) is 3.84. The fraction of sp³-hybridized carbons (Fsp3) is 0.312. The number of carbonyl (C=O) groups is 1. The van der Waals surface area contributed by atoms with Crippen molar-refractivity contribution >= 4 is 23.4 Å². The van der Waals surface area contributed by atoms with Gasteiger partial charge in [-0.2, -0.15) is 0 Å². The maximum Gasteiger partial charge on any atom is 0.253 e. The molecule has 0 spiro atoms. The lowest BCUT2D eigenvalue weighted by atomic mass is 10.2. The largest absolute Gasteiger partial charge is 0.368 e. The fourth-order valence-electron chi connectivity index (χ4n) is 2.22. The zero-order chi connectivity index (χ0) is 15.2. The fourth-order valence-corrected chi connectivity index (χ4v) is 3.09. The molecule has 1 saturated heterocycles. The summed E-state index contributed by atoms with van der Waals surface area (Å²) in [5, 5.41) is 3.71. The second-order valence-electron chi connectivity index (χ2n) is 4.96. The first-order chi connectivity index (χ1) is 10.8. The topological polar surface area (TPSA) is 64.1 Å². The first-order valence-electron chi connectivity index (χ1n) is 7.23. The Balaban J connectivity index is 1.65. The van der Waals surface area contributed by atoms with Crippen LogP contribution in [-0.2, 0) is 15.3 Å². The molecule has 6 heteroatoms. The molecule has 1 aliphatic rings. The summed E-state index contributed by atoms with van der Waals surface area (Å²) in [7, 11) is 0. The van der Waals surface area contributed by atoms with Crippen molar-refractivity contribution in [1.82, 2.24) is 9.97 Å². The molecule has 0 bridgehead atoms. The van der Waals surface area contributed by atoms with Crippen molar-refractivity contribution in [3.8, 4) is 0 Å². The number of carbonyl (C=O) groups excluding carboxylic acids is 1. The van der Waals surface area contributed by atoms with Crippen LogP contribution in [0.1, 0.15) is 18.5 Å².